The van der Waals surface area contributed by atoms with Crippen molar-refractivity contribution in [3.8, 4) is 5.75 Å². The highest BCUT2D eigenvalue weighted by Gasteiger charge is 2.11. The third-order valence-electron chi connectivity index (χ3n) is 1.67. The van der Waals surface area contributed by atoms with Crippen molar-refractivity contribution in [2.24, 2.45) is 0 Å². The van der Waals surface area contributed by atoms with Gasteiger partial charge in [0.05, 0.1) is 10.0 Å². The molecule has 92 valence electrons. The fourth-order valence-corrected chi connectivity index (χ4v) is 1.36. The van der Waals surface area contributed by atoms with E-state index in [9.17, 15) is 13.6 Å². The number of carboxylic acid groups (broad SMARTS) is 1. The van der Waals surface area contributed by atoms with Crippen molar-refractivity contribution in [2.75, 3.05) is 0 Å². The minimum absolute atomic E-state index is 0.0368. The molecule has 1 N–H and O–H groups in total. The molecule has 0 heterocycles. The second-order valence-corrected chi connectivity index (χ2v) is 3.67. The van der Waals surface area contributed by atoms with E-state index < -0.39 is 12.6 Å². The van der Waals surface area contributed by atoms with Gasteiger partial charge in [-0.05, 0) is 12.1 Å². The number of ether oxygens (including phenoxy) is 1. The van der Waals surface area contributed by atoms with Crippen LogP contribution in [0.25, 0.3) is 6.08 Å². The molecule has 1 rings (SSSR count). The number of halogens is 4. The van der Waals surface area contributed by atoms with Crippen LogP contribution in [0.15, 0.2) is 18.2 Å². The zero-order chi connectivity index (χ0) is 13.0. The fourth-order valence-electron chi connectivity index (χ4n) is 1.03. The Hall–Kier alpha value is -1.33. The molecule has 3 nitrogen and oxygen atoms in total. The van der Waals surface area contributed by atoms with E-state index in [1.807, 2.05) is 0 Å². The first kappa shape index (κ1) is 13.7. The molecule has 0 bridgehead atoms. The molecule has 0 aromatic heterocycles. The molecule has 0 amide bonds. The Labute approximate surface area is 105 Å². The molecule has 0 unspecified atom stereocenters. The van der Waals surface area contributed by atoms with E-state index in [0.29, 0.717) is 0 Å². The summed E-state index contributed by atoms with van der Waals surface area (Å²) >= 11 is 11.3. The van der Waals surface area contributed by atoms with Crippen molar-refractivity contribution in [1.29, 1.82) is 0 Å². The molecular weight excluding hydrogens is 277 g/mol. The molecule has 1 aromatic rings. The fraction of sp³-hybridized carbons (Fsp3) is 0.100. The largest absolute Gasteiger partial charge is 0.478 e. The Bertz CT molecular complexity index is 461. The summed E-state index contributed by atoms with van der Waals surface area (Å²) in [6.07, 6.45) is 1.86. The second kappa shape index (κ2) is 5.84. The number of hydrogen-bond acceptors (Lipinski definition) is 2. The van der Waals surface area contributed by atoms with Gasteiger partial charge in [0.1, 0.15) is 5.75 Å². The summed E-state index contributed by atoms with van der Waals surface area (Å²) in [5, 5.41) is 8.58. The zero-order valence-electron chi connectivity index (χ0n) is 8.16. The van der Waals surface area contributed by atoms with E-state index in [1.54, 1.807) is 0 Å². The Morgan fingerprint density at radius 3 is 2.47 bits per heavy atom. The summed E-state index contributed by atoms with van der Waals surface area (Å²) < 4.78 is 28.4. The lowest BCUT2D eigenvalue weighted by atomic mass is 10.2. The van der Waals surface area contributed by atoms with Gasteiger partial charge in [0.15, 0.2) is 0 Å². The Kier molecular flexibility index (Phi) is 4.72. The number of hydrogen-bond donors (Lipinski definition) is 1. The predicted molar refractivity (Wildman–Crippen MR) is 59.8 cm³/mol. The van der Waals surface area contributed by atoms with Gasteiger partial charge in [-0.3, -0.25) is 0 Å². The van der Waals surface area contributed by atoms with Crippen LogP contribution in [0, 0.1) is 0 Å². The van der Waals surface area contributed by atoms with Gasteiger partial charge in [-0.15, -0.1) is 0 Å². The van der Waals surface area contributed by atoms with Crippen LogP contribution in [-0.4, -0.2) is 17.7 Å². The molecule has 17 heavy (non-hydrogen) atoms. The summed E-state index contributed by atoms with van der Waals surface area (Å²) in [7, 11) is 0. The van der Waals surface area contributed by atoms with Crippen molar-refractivity contribution in [2.45, 2.75) is 6.61 Å². The lowest BCUT2D eigenvalue weighted by Crippen LogP contribution is -2.03. The van der Waals surface area contributed by atoms with Crippen LogP contribution in [-0.2, 0) is 4.79 Å². The van der Waals surface area contributed by atoms with Gasteiger partial charge in [-0.1, -0.05) is 23.2 Å². The SMILES string of the molecule is O=C(O)C=Cc1cc(Cl)c(Cl)cc1OC(F)F. The maximum Gasteiger partial charge on any atom is 0.387 e. The monoisotopic (exact) mass is 282 g/mol. The predicted octanol–water partition coefficient (Wildman–Crippen LogP) is 3.69. The Morgan fingerprint density at radius 1 is 1.35 bits per heavy atom. The Balaban J connectivity index is 3.15. The van der Waals surface area contributed by atoms with Crippen LogP contribution in [0.3, 0.4) is 0 Å². The molecular formula is C10H6Cl2F2O3. The number of carboxylic acids is 1. The van der Waals surface area contributed by atoms with E-state index in [-0.39, 0.29) is 21.4 Å². The van der Waals surface area contributed by atoms with Crippen LogP contribution >= 0.6 is 23.2 Å². The van der Waals surface area contributed by atoms with Crippen molar-refractivity contribution < 1.29 is 23.4 Å². The molecule has 1 aromatic carbocycles. The molecule has 0 aliphatic heterocycles. The zero-order valence-corrected chi connectivity index (χ0v) is 9.67. The number of benzene rings is 1. The van der Waals surface area contributed by atoms with Gasteiger partial charge in [-0.2, -0.15) is 8.78 Å². The standard InChI is InChI=1S/C10H6Cl2F2O3/c11-6-3-5(1-2-9(15)16)8(4-7(6)12)17-10(13)14/h1-4,10H,(H,15,16). The molecule has 0 saturated heterocycles. The van der Waals surface area contributed by atoms with Gasteiger partial charge in [-0.25, -0.2) is 4.79 Å². The highest BCUT2D eigenvalue weighted by Crippen LogP contribution is 2.32. The summed E-state index contributed by atoms with van der Waals surface area (Å²) in [5.41, 5.74) is 0.0992. The molecule has 7 heteroatoms. The van der Waals surface area contributed by atoms with Crippen LogP contribution in [0.2, 0.25) is 10.0 Å². The molecule has 0 spiro atoms. The van der Waals surface area contributed by atoms with Crippen LogP contribution < -0.4 is 4.74 Å². The maximum atomic E-state index is 12.1. The van der Waals surface area contributed by atoms with E-state index in [4.69, 9.17) is 28.3 Å². The van der Waals surface area contributed by atoms with Gasteiger partial charge in [0.25, 0.3) is 0 Å². The van der Waals surface area contributed by atoms with Gasteiger partial charge < -0.3 is 9.84 Å². The number of aliphatic carboxylic acids is 1. The highest BCUT2D eigenvalue weighted by atomic mass is 35.5. The molecule has 0 fully saturated rings. The minimum Gasteiger partial charge on any atom is -0.478 e. The third-order valence-corrected chi connectivity index (χ3v) is 2.40. The minimum atomic E-state index is -3.04. The molecule has 0 saturated carbocycles. The van der Waals surface area contributed by atoms with E-state index in [2.05, 4.69) is 4.74 Å². The Morgan fingerprint density at radius 2 is 1.94 bits per heavy atom. The number of alkyl halides is 2. The van der Waals surface area contributed by atoms with E-state index in [1.165, 1.54) is 6.07 Å². The molecule has 0 aliphatic rings. The van der Waals surface area contributed by atoms with Gasteiger partial charge >= 0.3 is 12.6 Å². The first-order valence-electron chi connectivity index (χ1n) is 4.25. The smallest absolute Gasteiger partial charge is 0.387 e. The number of carbonyl (C=O) groups is 1. The average molecular weight is 283 g/mol. The van der Waals surface area contributed by atoms with Gasteiger partial charge in [0.2, 0.25) is 0 Å². The van der Waals surface area contributed by atoms with Crippen molar-refractivity contribution in [1.82, 2.24) is 0 Å². The van der Waals surface area contributed by atoms with Crippen molar-refractivity contribution in [3.05, 3.63) is 33.8 Å². The van der Waals surface area contributed by atoms with Crippen LogP contribution in [0.4, 0.5) is 8.78 Å². The topological polar surface area (TPSA) is 46.5 Å². The highest BCUT2D eigenvalue weighted by molar-refractivity contribution is 6.42. The van der Waals surface area contributed by atoms with Crippen LogP contribution in [0.5, 0.6) is 5.75 Å². The quantitative estimate of drug-likeness (QED) is 0.857. The molecule has 0 atom stereocenters. The molecule has 0 radical (unpaired) electrons. The van der Waals surface area contributed by atoms with Crippen molar-refractivity contribution >= 4 is 35.2 Å². The van der Waals surface area contributed by atoms with Crippen LogP contribution in [0.1, 0.15) is 5.56 Å². The van der Waals surface area contributed by atoms with E-state index >= 15 is 0 Å². The second-order valence-electron chi connectivity index (χ2n) is 2.85. The van der Waals surface area contributed by atoms with E-state index in [0.717, 1.165) is 18.2 Å². The van der Waals surface area contributed by atoms with Gasteiger partial charge in [0, 0.05) is 17.7 Å². The first-order chi connectivity index (χ1) is 7.90. The lowest BCUT2D eigenvalue weighted by molar-refractivity contribution is -0.131. The number of rotatable bonds is 4. The average Bonchev–Trinajstić information content (AvgIpc) is 2.20. The summed E-state index contributed by atoms with van der Waals surface area (Å²) in [6.45, 7) is -3.04. The first-order valence-corrected chi connectivity index (χ1v) is 5.00. The summed E-state index contributed by atoms with van der Waals surface area (Å²) in [6, 6.07) is 2.33. The summed E-state index contributed by atoms with van der Waals surface area (Å²) in [4.78, 5) is 10.3. The third kappa shape index (κ3) is 4.20. The maximum absolute atomic E-state index is 12.1. The lowest BCUT2D eigenvalue weighted by Gasteiger charge is -2.09. The normalized spacial score (nSPS) is 11.1. The molecule has 0 aliphatic carbocycles. The van der Waals surface area contributed by atoms with Crippen molar-refractivity contribution in [3.63, 3.8) is 0 Å². The summed E-state index contributed by atoms with van der Waals surface area (Å²) in [5.74, 6) is -1.47.